The number of phenols is 2. The number of aromatic hydroxyl groups is 2. The molecule has 2 bridgehead atoms. The van der Waals surface area contributed by atoms with Crippen LogP contribution in [-0.4, -0.2) is 10.2 Å². The monoisotopic (exact) mass is 378 g/mol. The molecule has 4 aliphatic rings. The standard InChI is InChI=1S/C26H34O2/c1-21(2,3)24-17-13-15-14(18(27)10-11-19(15)28)12-16(17)20-25(24,22(4,5)6)26(20,24)23(7,8)9/h10-13,20,27-28H,1-9H3. The van der Waals surface area contributed by atoms with Crippen LogP contribution in [-0.2, 0) is 5.41 Å². The first kappa shape index (κ1) is 18.3. The molecule has 2 fully saturated rings. The molecular formula is C26H34O2. The predicted molar refractivity (Wildman–Crippen MR) is 115 cm³/mol. The highest BCUT2D eigenvalue weighted by molar-refractivity contribution is 5.97. The van der Waals surface area contributed by atoms with Gasteiger partial charge in [-0.3, -0.25) is 0 Å². The van der Waals surface area contributed by atoms with E-state index in [2.05, 4.69) is 74.4 Å². The van der Waals surface area contributed by atoms with Crippen LogP contribution in [0.2, 0.25) is 0 Å². The molecule has 2 heteroatoms. The third-order valence-corrected chi connectivity index (χ3v) is 8.87. The van der Waals surface area contributed by atoms with Gasteiger partial charge in [0.15, 0.2) is 0 Å². The van der Waals surface area contributed by atoms with Crippen molar-refractivity contribution in [2.75, 3.05) is 0 Å². The lowest BCUT2D eigenvalue weighted by molar-refractivity contribution is 0.0947. The number of phenolic OH excluding ortho intramolecular Hbond substituents is 2. The topological polar surface area (TPSA) is 40.5 Å². The van der Waals surface area contributed by atoms with E-state index in [1.807, 2.05) is 0 Å². The summed E-state index contributed by atoms with van der Waals surface area (Å²) in [6.07, 6.45) is 0. The van der Waals surface area contributed by atoms with E-state index in [0.717, 1.165) is 10.8 Å². The Hall–Kier alpha value is -1.70. The Balaban J connectivity index is 1.93. The average molecular weight is 379 g/mol. The number of benzene rings is 2. The van der Waals surface area contributed by atoms with Crippen LogP contribution in [0.5, 0.6) is 11.5 Å². The van der Waals surface area contributed by atoms with Crippen molar-refractivity contribution in [2.45, 2.75) is 73.6 Å². The maximum absolute atomic E-state index is 10.6. The smallest absolute Gasteiger partial charge is 0.123 e. The van der Waals surface area contributed by atoms with Gasteiger partial charge in [0.25, 0.3) is 0 Å². The van der Waals surface area contributed by atoms with Crippen molar-refractivity contribution in [2.24, 2.45) is 27.1 Å². The molecule has 2 N–H and O–H groups in total. The minimum absolute atomic E-state index is 0.0928. The zero-order valence-corrected chi connectivity index (χ0v) is 18.8. The van der Waals surface area contributed by atoms with Crippen molar-refractivity contribution >= 4 is 10.8 Å². The van der Waals surface area contributed by atoms with Gasteiger partial charge in [-0.15, -0.1) is 0 Å². The van der Waals surface area contributed by atoms with Crippen LogP contribution in [0, 0.1) is 27.1 Å². The second-order valence-electron chi connectivity index (χ2n) is 12.6. The quantitative estimate of drug-likeness (QED) is 0.499. The third kappa shape index (κ3) is 1.34. The van der Waals surface area contributed by atoms with Crippen LogP contribution < -0.4 is 0 Å². The SMILES string of the molecule is CC(C)(C)C12c3cc4c(O)ccc(O)c4cc3C3C1(C(C)(C)C)C32C(C)(C)C. The first-order chi connectivity index (χ1) is 12.6. The largest absolute Gasteiger partial charge is 0.507 e. The first-order valence-electron chi connectivity index (χ1n) is 10.6. The van der Waals surface area contributed by atoms with Gasteiger partial charge >= 0.3 is 0 Å². The van der Waals surface area contributed by atoms with Crippen LogP contribution in [0.4, 0.5) is 0 Å². The van der Waals surface area contributed by atoms with E-state index in [9.17, 15) is 10.2 Å². The molecule has 0 radical (unpaired) electrons. The summed E-state index contributed by atoms with van der Waals surface area (Å²) in [6, 6.07) is 7.62. The fraction of sp³-hybridized carbons (Fsp3) is 0.615. The maximum Gasteiger partial charge on any atom is 0.123 e. The van der Waals surface area contributed by atoms with Gasteiger partial charge in [-0.1, -0.05) is 62.3 Å². The fourth-order valence-corrected chi connectivity index (χ4v) is 9.04. The van der Waals surface area contributed by atoms with E-state index in [1.165, 1.54) is 11.1 Å². The lowest BCUT2D eigenvalue weighted by atomic mass is 9.58. The second-order valence-corrected chi connectivity index (χ2v) is 12.6. The van der Waals surface area contributed by atoms with Gasteiger partial charge in [0.2, 0.25) is 0 Å². The lowest BCUT2D eigenvalue weighted by Crippen LogP contribution is -2.42. The van der Waals surface area contributed by atoms with E-state index in [4.69, 9.17) is 0 Å². The van der Waals surface area contributed by atoms with Crippen molar-refractivity contribution in [1.82, 2.24) is 0 Å². The molecule has 4 aliphatic carbocycles. The van der Waals surface area contributed by atoms with Crippen molar-refractivity contribution in [3.63, 3.8) is 0 Å². The summed E-state index contributed by atoms with van der Waals surface area (Å²) in [7, 11) is 0. The molecule has 2 aromatic carbocycles. The minimum atomic E-state index is 0.0928. The lowest BCUT2D eigenvalue weighted by Gasteiger charge is -2.45. The Labute approximate surface area is 169 Å². The van der Waals surface area contributed by atoms with Gasteiger partial charge < -0.3 is 10.2 Å². The van der Waals surface area contributed by atoms with Gasteiger partial charge in [-0.25, -0.2) is 0 Å². The molecule has 0 saturated heterocycles. The van der Waals surface area contributed by atoms with E-state index in [1.54, 1.807) is 12.1 Å². The van der Waals surface area contributed by atoms with E-state index < -0.39 is 0 Å². The summed E-state index contributed by atoms with van der Waals surface area (Å²) < 4.78 is 0. The molecule has 0 aromatic heterocycles. The molecule has 2 atom stereocenters. The molecule has 2 unspecified atom stereocenters. The molecular weight excluding hydrogens is 344 g/mol. The second kappa shape index (κ2) is 4.25. The van der Waals surface area contributed by atoms with Crippen LogP contribution in [0.1, 0.15) is 79.4 Å². The third-order valence-electron chi connectivity index (χ3n) is 8.87. The van der Waals surface area contributed by atoms with Crippen LogP contribution >= 0.6 is 0 Å². The molecule has 150 valence electrons. The van der Waals surface area contributed by atoms with E-state index >= 15 is 0 Å². The van der Waals surface area contributed by atoms with Gasteiger partial charge in [-0.05, 0) is 57.6 Å². The average Bonchev–Trinajstić information content (AvgIpc) is 3.27. The zero-order chi connectivity index (χ0) is 20.9. The number of rotatable bonds is 0. The number of hydrogen-bond acceptors (Lipinski definition) is 2. The molecule has 0 amide bonds. The molecule has 28 heavy (non-hydrogen) atoms. The maximum atomic E-state index is 10.6. The molecule has 2 nitrogen and oxygen atoms in total. The molecule has 0 spiro atoms. The van der Waals surface area contributed by atoms with E-state index in [0.29, 0.717) is 5.92 Å². The highest BCUT2D eigenvalue weighted by atomic mass is 16.3. The Kier molecular flexibility index (Phi) is 2.78. The van der Waals surface area contributed by atoms with Crippen molar-refractivity contribution < 1.29 is 10.2 Å². The van der Waals surface area contributed by atoms with Crippen LogP contribution in [0.3, 0.4) is 0 Å². The molecule has 2 saturated carbocycles. The van der Waals surface area contributed by atoms with Gasteiger partial charge in [0, 0.05) is 27.0 Å². The normalized spacial score (nSPS) is 35.7. The Morgan fingerprint density at radius 1 is 0.679 bits per heavy atom. The Morgan fingerprint density at radius 2 is 1.11 bits per heavy atom. The van der Waals surface area contributed by atoms with Gasteiger partial charge in [0.1, 0.15) is 11.5 Å². The molecule has 0 heterocycles. The summed E-state index contributed by atoms with van der Waals surface area (Å²) in [5, 5.41) is 22.6. The molecule has 2 aromatic rings. The summed E-state index contributed by atoms with van der Waals surface area (Å²) in [6.45, 7) is 21.7. The predicted octanol–water partition coefficient (Wildman–Crippen LogP) is 6.72. The highest BCUT2D eigenvalue weighted by Gasteiger charge is 3.13. The molecule has 0 aliphatic heterocycles. The Bertz CT molecular complexity index is 1030. The summed E-state index contributed by atoms with van der Waals surface area (Å²) in [4.78, 5) is 0. The van der Waals surface area contributed by atoms with Crippen molar-refractivity contribution in [3.05, 3.63) is 35.4 Å². The minimum Gasteiger partial charge on any atom is -0.507 e. The first-order valence-corrected chi connectivity index (χ1v) is 10.6. The summed E-state index contributed by atoms with van der Waals surface area (Å²) in [5.74, 6) is 1.04. The van der Waals surface area contributed by atoms with Crippen LogP contribution in [0.15, 0.2) is 24.3 Å². The van der Waals surface area contributed by atoms with Gasteiger partial charge in [0.05, 0.1) is 0 Å². The van der Waals surface area contributed by atoms with Crippen LogP contribution in [0.25, 0.3) is 10.8 Å². The Morgan fingerprint density at radius 3 is 1.50 bits per heavy atom. The fourth-order valence-electron chi connectivity index (χ4n) is 9.04. The highest BCUT2D eigenvalue weighted by Crippen LogP contribution is 3.16. The number of fused-ring (bicyclic) bond motifs is 1. The van der Waals surface area contributed by atoms with Crippen molar-refractivity contribution in [3.8, 4) is 11.5 Å². The molecule has 6 rings (SSSR count). The number of hydrogen-bond donors (Lipinski definition) is 2. The van der Waals surface area contributed by atoms with E-state index in [-0.39, 0.29) is 44.0 Å². The summed E-state index contributed by atoms with van der Waals surface area (Å²) in [5.41, 5.74) is 3.84. The van der Waals surface area contributed by atoms with Gasteiger partial charge in [-0.2, -0.15) is 0 Å². The van der Waals surface area contributed by atoms with Crippen molar-refractivity contribution in [1.29, 1.82) is 0 Å². The summed E-state index contributed by atoms with van der Waals surface area (Å²) >= 11 is 0. The zero-order valence-electron chi connectivity index (χ0n) is 18.8.